The SMILES string of the molecule is CCCCCCCCCCCCCCCCCCOC(C)SC(CC(=O)OCCCCCC)C(=O)OCCCCCC. The van der Waals surface area contributed by atoms with Gasteiger partial charge in [0.25, 0.3) is 0 Å². The molecule has 0 N–H and O–H groups in total. The molecule has 0 heterocycles. The number of ether oxygens (including phenoxy) is 3. The molecule has 0 rings (SSSR count). The van der Waals surface area contributed by atoms with Crippen LogP contribution >= 0.6 is 11.8 Å². The summed E-state index contributed by atoms with van der Waals surface area (Å²) < 4.78 is 16.9. The van der Waals surface area contributed by atoms with Gasteiger partial charge in [-0.3, -0.25) is 9.59 Å². The minimum atomic E-state index is -0.583. The highest BCUT2D eigenvalue weighted by molar-refractivity contribution is 8.01. The van der Waals surface area contributed by atoms with Crippen LogP contribution in [0.25, 0.3) is 0 Å². The lowest BCUT2D eigenvalue weighted by Crippen LogP contribution is -2.27. The summed E-state index contributed by atoms with van der Waals surface area (Å²) in [5.41, 5.74) is -0.170. The number of carbonyl (C=O) groups excluding carboxylic acids is 2. The lowest BCUT2D eigenvalue weighted by atomic mass is 10.0. The van der Waals surface area contributed by atoms with Crippen molar-refractivity contribution in [2.75, 3.05) is 19.8 Å². The van der Waals surface area contributed by atoms with Crippen molar-refractivity contribution < 1.29 is 23.8 Å². The molecule has 0 aromatic rings. The Balaban J connectivity index is 4.02. The van der Waals surface area contributed by atoms with Gasteiger partial charge < -0.3 is 14.2 Å². The lowest BCUT2D eigenvalue weighted by molar-refractivity contribution is -0.149. The van der Waals surface area contributed by atoms with Gasteiger partial charge in [-0.25, -0.2) is 0 Å². The van der Waals surface area contributed by atoms with Gasteiger partial charge >= 0.3 is 11.9 Å². The van der Waals surface area contributed by atoms with Crippen LogP contribution in [-0.4, -0.2) is 42.4 Å². The monoisotopic (exact) mass is 614 g/mol. The molecule has 2 atom stereocenters. The largest absolute Gasteiger partial charge is 0.466 e. The van der Waals surface area contributed by atoms with E-state index in [4.69, 9.17) is 14.2 Å². The van der Waals surface area contributed by atoms with E-state index in [1.54, 1.807) is 0 Å². The second-order valence-corrected chi connectivity index (χ2v) is 13.6. The molecule has 0 amide bonds. The van der Waals surface area contributed by atoms with Crippen molar-refractivity contribution in [2.24, 2.45) is 0 Å². The maximum Gasteiger partial charge on any atom is 0.319 e. The maximum atomic E-state index is 12.8. The molecule has 0 radical (unpaired) electrons. The molecule has 0 saturated heterocycles. The first kappa shape index (κ1) is 41.2. The molecule has 0 spiro atoms. The highest BCUT2D eigenvalue weighted by atomic mass is 32.2. The van der Waals surface area contributed by atoms with Gasteiger partial charge in [-0.05, 0) is 26.2 Å². The summed E-state index contributed by atoms with van der Waals surface area (Å²) in [4.78, 5) is 25.2. The second-order valence-electron chi connectivity index (χ2n) is 12.1. The molecule has 0 bridgehead atoms. The summed E-state index contributed by atoms with van der Waals surface area (Å²) in [6.45, 7) is 10.1. The number of rotatable bonds is 33. The van der Waals surface area contributed by atoms with Crippen molar-refractivity contribution in [2.45, 2.75) is 199 Å². The highest BCUT2D eigenvalue weighted by Crippen LogP contribution is 2.24. The van der Waals surface area contributed by atoms with E-state index in [2.05, 4.69) is 20.8 Å². The Hall–Kier alpha value is -0.750. The maximum absolute atomic E-state index is 12.8. The van der Waals surface area contributed by atoms with E-state index in [0.717, 1.165) is 57.8 Å². The molecule has 42 heavy (non-hydrogen) atoms. The van der Waals surface area contributed by atoms with Gasteiger partial charge in [0.05, 0.1) is 19.6 Å². The van der Waals surface area contributed by atoms with Crippen LogP contribution in [0.15, 0.2) is 0 Å². The minimum absolute atomic E-state index is 0.0407. The average molecular weight is 615 g/mol. The van der Waals surface area contributed by atoms with Crippen LogP contribution in [0.1, 0.15) is 188 Å². The van der Waals surface area contributed by atoms with Gasteiger partial charge in [0, 0.05) is 6.61 Å². The van der Waals surface area contributed by atoms with E-state index >= 15 is 0 Å². The van der Waals surface area contributed by atoms with E-state index in [-0.39, 0.29) is 23.8 Å². The Morgan fingerprint density at radius 2 is 0.857 bits per heavy atom. The zero-order valence-electron chi connectivity index (χ0n) is 28.4. The Kier molecular flexibility index (Phi) is 32.6. The van der Waals surface area contributed by atoms with Gasteiger partial charge in [-0.2, -0.15) is 0 Å². The van der Waals surface area contributed by atoms with E-state index in [0.29, 0.717) is 19.8 Å². The van der Waals surface area contributed by atoms with E-state index in [1.165, 1.54) is 108 Å². The molecule has 0 saturated carbocycles. The molecule has 0 aliphatic rings. The molecule has 6 heteroatoms. The van der Waals surface area contributed by atoms with Gasteiger partial charge in [0.1, 0.15) is 10.7 Å². The summed E-state index contributed by atoms with van der Waals surface area (Å²) >= 11 is 1.39. The second kappa shape index (κ2) is 33.1. The summed E-state index contributed by atoms with van der Waals surface area (Å²) in [7, 11) is 0. The van der Waals surface area contributed by atoms with Crippen LogP contribution in [0.3, 0.4) is 0 Å². The summed E-state index contributed by atoms with van der Waals surface area (Å²) in [5, 5.41) is -0.583. The number of hydrogen-bond acceptors (Lipinski definition) is 6. The van der Waals surface area contributed by atoms with Crippen LogP contribution in [0, 0.1) is 0 Å². The van der Waals surface area contributed by atoms with Crippen molar-refractivity contribution >= 4 is 23.7 Å². The fourth-order valence-electron chi connectivity index (χ4n) is 5.08. The van der Waals surface area contributed by atoms with E-state index in [1.807, 2.05) is 6.92 Å². The normalized spacial score (nSPS) is 12.8. The van der Waals surface area contributed by atoms with Crippen molar-refractivity contribution in [1.29, 1.82) is 0 Å². The number of thioether (sulfide) groups is 1. The first-order valence-electron chi connectivity index (χ1n) is 18.1. The fourth-order valence-corrected chi connectivity index (χ4v) is 6.13. The van der Waals surface area contributed by atoms with Gasteiger partial charge in [0.15, 0.2) is 0 Å². The predicted molar refractivity (Wildman–Crippen MR) is 181 cm³/mol. The van der Waals surface area contributed by atoms with E-state index < -0.39 is 5.25 Å². The predicted octanol–water partition coefficient (Wildman–Crippen LogP) is 11.3. The smallest absolute Gasteiger partial charge is 0.319 e. The highest BCUT2D eigenvalue weighted by Gasteiger charge is 2.27. The van der Waals surface area contributed by atoms with E-state index in [9.17, 15) is 9.59 Å². The average Bonchev–Trinajstić information content (AvgIpc) is 2.98. The number of unbranched alkanes of at least 4 members (excludes halogenated alkanes) is 21. The summed E-state index contributed by atoms with van der Waals surface area (Å²) in [6, 6.07) is 0. The van der Waals surface area contributed by atoms with Crippen LogP contribution in [0.5, 0.6) is 0 Å². The zero-order valence-corrected chi connectivity index (χ0v) is 29.2. The molecule has 5 nitrogen and oxygen atoms in total. The van der Waals surface area contributed by atoms with Gasteiger partial charge in [0.2, 0.25) is 0 Å². The molecule has 2 unspecified atom stereocenters. The summed E-state index contributed by atoms with van der Waals surface area (Å²) in [5.74, 6) is -0.644. The Bertz CT molecular complexity index is 585. The number of hydrogen-bond donors (Lipinski definition) is 0. The van der Waals surface area contributed by atoms with Crippen LogP contribution < -0.4 is 0 Å². The summed E-state index contributed by atoms with van der Waals surface area (Å²) in [6.07, 6.45) is 30.1. The molecule has 0 fully saturated rings. The van der Waals surface area contributed by atoms with Gasteiger partial charge in [-0.1, -0.05) is 156 Å². The minimum Gasteiger partial charge on any atom is -0.466 e. The van der Waals surface area contributed by atoms with Crippen molar-refractivity contribution in [3.63, 3.8) is 0 Å². The van der Waals surface area contributed by atoms with Crippen LogP contribution in [-0.2, 0) is 23.8 Å². The van der Waals surface area contributed by atoms with Crippen molar-refractivity contribution in [3.8, 4) is 0 Å². The fraction of sp³-hybridized carbons (Fsp3) is 0.944. The quantitative estimate of drug-likeness (QED) is 0.0416. The first-order chi connectivity index (χ1) is 20.5. The van der Waals surface area contributed by atoms with Gasteiger partial charge in [-0.15, -0.1) is 11.8 Å². The molecular formula is C36H70O5S. The molecule has 0 aliphatic carbocycles. The third-order valence-electron chi connectivity index (χ3n) is 7.82. The van der Waals surface area contributed by atoms with Crippen LogP contribution in [0.4, 0.5) is 0 Å². The molecular weight excluding hydrogens is 544 g/mol. The zero-order chi connectivity index (χ0) is 30.9. The Morgan fingerprint density at radius 1 is 0.500 bits per heavy atom. The molecule has 250 valence electrons. The molecule has 0 aliphatic heterocycles. The molecule has 0 aromatic heterocycles. The topological polar surface area (TPSA) is 61.8 Å². The number of carbonyl (C=O) groups is 2. The lowest BCUT2D eigenvalue weighted by Gasteiger charge is -2.20. The van der Waals surface area contributed by atoms with Crippen molar-refractivity contribution in [1.82, 2.24) is 0 Å². The Labute approximate surface area is 265 Å². The van der Waals surface area contributed by atoms with Crippen LogP contribution in [0.2, 0.25) is 0 Å². The first-order valence-corrected chi connectivity index (χ1v) is 19.1. The Morgan fingerprint density at radius 3 is 1.31 bits per heavy atom. The standard InChI is InChI=1S/C36H70O5S/c1-5-8-11-14-15-16-17-18-19-20-21-22-23-24-25-28-29-39-33(4)42-34(36(38)41-31-27-13-10-7-3)32-35(37)40-30-26-12-9-6-2/h33-34H,5-32H2,1-4H3. The molecule has 0 aromatic carbocycles. The third-order valence-corrected chi connectivity index (χ3v) is 9.03. The van der Waals surface area contributed by atoms with Crippen molar-refractivity contribution in [3.05, 3.63) is 0 Å². The third kappa shape index (κ3) is 29.3. The number of esters is 2.